The number of nitrogens with zero attached hydrogens (tertiary/aromatic N) is 1. The number of rotatable bonds is 3. The molecule has 1 aliphatic rings. The molecule has 0 fully saturated rings. The van der Waals surface area contributed by atoms with Gasteiger partial charge < -0.3 is 15.5 Å². The van der Waals surface area contributed by atoms with Crippen LogP contribution in [0.1, 0.15) is 5.56 Å². The summed E-state index contributed by atoms with van der Waals surface area (Å²) in [7, 11) is 4.11. The average molecular weight is 255 g/mol. The first-order chi connectivity index (χ1) is 9.25. The molecule has 3 heteroatoms. The molecule has 0 aromatic heterocycles. The van der Waals surface area contributed by atoms with E-state index in [1.165, 1.54) is 16.9 Å². The first-order valence-electron chi connectivity index (χ1n) is 6.52. The zero-order valence-corrected chi connectivity index (χ0v) is 11.6. The van der Waals surface area contributed by atoms with Crippen LogP contribution in [0.3, 0.4) is 0 Å². The van der Waals surface area contributed by atoms with Crippen molar-refractivity contribution in [2.45, 2.75) is 6.42 Å². The topological polar surface area (TPSA) is 27.3 Å². The molecule has 0 saturated carbocycles. The number of hydrogen-bond acceptors (Lipinski definition) is 3. The summed E-state index contributed by atoms with van der Waals surface area (Å²) in [4.78, 5) is 2.11. The van der Waals surface area contributed by atoms with E-state index in [9.17, 15) is 0 Å². The summed E-state index contributed by atoms with van der Waals surface area (Å²) in [5.41, 5.74) is 3.72. The predicted octanol–water partition coefficient (Wildman–Crippen LogP) is 2.40. The fourth-order valence-electron chi connectivity index (χ4n) is 1.88. The van der Waals surface area contributed by atoms with E-state index in [1.54, 1.807) is 0 Å². The van der Waals surface area contributed by atoms with Gasteiger partial charge in [0.2, 0.25) is 0 Å². The van der Waals surface area contributed by atoms with Gasteiger partial charge in [0.25, 0.3) is 0 Å². The lowest BCUT2D eigenvalue weighted by molar-refractivity contribution is 0.951. The van der Waals surface area contributed by atoms with Crippen LogP contribution >= 0.6 is 0 Å². The van der Waals surface area contributed by atoms with E-state index >= 15 is 0 Å². The Kier molecular flexibility index (Phi) is 4.67. The van der Waals surface area contributed by atoms with Crippen LogP contribution in [-0.4, -0.2) is 20.6 Å². The molecule has 3 nitrogen and oxygen atoms in total. The summed E-state index contributed by atoms with van der Waals surface area (Å²) >= 11 is 0. The van der Waals surface area contributed by atoms with Gasteiger partial charge in [-0.05, 0) is 48.3 Å². The lowest BCUT2D eigenvalue weighted by Crippen LogP contribution is -2.10. The van der Waals surface area contributed by atoms with Crippen molar-refractivity contribution in [3.63, 3.8) is 0 Å². The Morgan fingerprint density at radius 3 is 2.63 bits per heavy atom. The zero-order valence-electron chi connectivity index (χ0n) is 11.6. The molecule has 0 unspecified atom stereocenters. The van der Waals surface area contributed by atoms with Crippen molar-refractivity contribution in [3.8, 4) is 0 Å². The number of benzene rings is 1. The van der Waals surface area contributed by atoms with E-state index in [4.69, 9.17) is 0 Å². The summed E-state index contributed by atoms with van der Waals surface area (Å²) in [6.45, 7) is 0.849. The quantitative estimate of drug-likeness (QED) is 0.868. The molecule has 100 valence electrons. The fourth-order valence-corrected chi connectivity index (χ4v) is 1.88. The number of allylic oxidation sites excluding steroid dienone is 3. The van der Waals surface area contributed by atoms with Crippen molar-refractivity contribution in [3.05, 3.63) is 66.2 Å². The Bertz CT molecular complexity index is 481. The molecule has 0 amide bonds. The third kappa shape index (κ3) is 4.21. The highest BCUT2D eigenvalue weighted by atomic mass is 15.1. The molecule has 0 atom stereocenters. The van der Waals surface area contributed by atoms with Gasteiger partial charge in [0.1, 0.15) is 0 Å². The highest BCUT2D eigenvalue weighted by Gasteiger charge is 2.00. The molecule has 1 aromatic rings. The number of hydrogen-bond donors (Lipinski definition) is 2. The monoisotopic (exact) mass is 255 g/mol. The molecule has 0 spiro atoms. The Hall–Kier alpha value is -2.16. The van der Waals surface area contributed by atoms with E-state index in [-0.39, 0.29) is 0 Å². The molecular formula is C16H21N3. The average Bonchev–Trinajstić information content (AvgIpc) is 2.53. The first kappa shape index (κ1) is 13.3. The van der Waals surface area contributed by atoms with E-state index in [1.807, 2.05) is 18.5 Å². The van der Waals surface area contributed by atoms with Crippen molar-refractivity contribution < 1.29 is 0 Å². The molecule has 2 rings (SSSR count). The normalized spacial score (nSPS) is 20.6. The van der Waals surface area contributed by atoms with Gasteiger partial charge in [-0.15, -0.1) is 0 Å². The largest absolute Gasteiger partial charge is 0.387 e. The van der Waals surface area contributed by atoms with Gasteiger partial charge in [-0.2, -0.15) is 0 Å². The minimum Gasteiger partial charge on any atom is -0.387 e. The van der Waals surface area contributed by atoms with Gasteiger partial charge in [0.15, 0.2) is 0 Å². The summed E-state index contributed by atoms with van der Waals surface area (Å²) in [5.74, 6) is 0. The maximum atomic E-state index is 3.33. The smallest absolute Gasteiger partial charge is 0.0361 e. The Morgan fingerprint density at radius 2 is 1.89 bits per heavy atom. The maximum absolute atomic E-state index is 3.33. The van der Waals surface area contributed by atoms with Crippen LogP contribution in [0.25, 0.3) is 0 Å². The van der Waals surface area contributed by atoms with E-state index in [0.717, 1.165) is 13.0 Å². The van der Waals surface area contributed by atoms with Gasteiger partial charge in [0.05, 0.1) is 0 Å². The van der Waals surface area contributed by atoms with Crippen LogP contribution in [0.4, 0.5) is 5.69 Å². The van der Waals surface area contributed by atoms with Crippen molar-refractivity contribution in [2.24, 2.45) is 0 Å². The van der Waals surface area contributed by atoms with E-state index < -0.39 is 0 Å². The van der Waals surface area contributed by atoms with Crippen LogP contribution in [0.5, 0.6) is 0 Å². The summed E-state index contributed by atoms with van der Waals surface area (Å²) in [5, 5.41) is 6.50. The highest BCUT2D eigenvalue weighted by molar-refractivity contribution is 5.46. The fraction of sp³-hybridized carbons (Fsp3) is 0.250. The van der Waals surface area contributed by atoms with Crippen molar-refractivity contribution in [1.82, 2.24) is 10.6 Å². The minimum atomic E-state index is 0.849. The van der Waals surface area contributed by atoms with Gasteiger partial charge in [0, 0.05) is 38.4 Å². The molecule has 0 radical (unpaired) electrons. The van der Waals surface area contributed by atoms with E-state index in [2.05, 4.69) is 66.0 Å². The van der Waals surface area contributed by atoms with Crippen molar-refractivity contribution in [1.29, 1.82) is 0 Å². The maximum Gasteiger partial charge on any atom is 0.0361 e. The van der Waals surface area contributed by atoms with Gasteiger partial charge in [-0.1, -0.05) is 12.1 Å². The molecule has 1 heterocycles. The molecule has 0 saturated heterocycles. The first-order valence-corrected chi connectivity index (χ1v) is 6.52. The Labute approximate surface area is 115 Å². The summed E-state index contributed by atoms with van der Waals surface area (Å²) in [6.07, 6.45) is 11.1. The Balaban J connectivity index is 2.06. The molecule has 2 N–H and O–H groups in total. The number of anilines is 1. The van der Waals surface area contributed by atoms with Crippen molar-refractivity contribution in [2.75, 3.05) is 25.5 Å². The molecular weight excluding hydrogens is 234 g/mol. The summed E-state index contributed by atoms with van der Waals surface area (Å²) < 4.78 is 0. The molecule has 19 heavy (non-hydrogen) atoms. The Morgan fingerprint density at radius 1 is 1.11 bits per heavy atom. The van der Waals surface area contributed by atoms with Gasteiger partial charge in [-0.25, -0.2) is 0 Å². The van der Waals surface area contributed by atoms with E-state index in [0.29, 0.717) is 0 Å². The second-order valence-electron chi connectivity index (χ2n) is 4.74. The third-order valence-electron chi connectivity index (χ3n) is 2.98. The molecule has 1 aromatic carbocycles. The van der Waals surface area contributed by atoms with Crippen LogP contribution in [-0.2, 0) is 6.42 Å². The van der Waals surface area contributed by atoms with Crippen LogP contribution in [0.15, 0.2) is 60.6 Å². The second kappa shape index (κ2) is 6.69. The predicted molar refractivity (Wildman–Crippen MR) is 82.0 cm³/mol. The minimum absolute atomic E-state index is 0.849. The molecule has 1 aliphatic heterocycles. The molecule has 0 aliphatic carbocycles. The van der Waals surface area contributed by atoms with Gasteiger partial charge >= 0.3 is 0 Å². The lowest BCUT2D eigenvalue weighted by atomic mass is 10.1. The van der Waals surface area contributed by atoms with Crippen LogP contribution in [0.2, 0.25) is 0 Å². The number of nitrogens with one attached hydrogen (secondary N) is 2. The third-order valence-corrected chi connectivity index (χ3v) is 2.98. The standard InChI is InChI=1S/C16H21N3/c1-19(2)16-8-6-14(7-9-16)13-15-5-3-10-17-11-4-12-18-15/h3-10,12,17-18H,11,13H2,1-2H3/b10-3+,12-4+,15-5-. The van der Waals surface area contributed by atoms with Crippen LogP contribution in [0, 0.1) is 0 Å². The van der Waals surface area contributed by atoms with Crippen molar-refractivity contribution >= 4 is 5.69 Å². The van der Waals surface area contributed by atoms with Gasteiger partial charge in [-0.3, -0.25) is 0 Å². The molecule has 0 bridgehead atoms. The van der Waals surface area contributed by atoms with Crippen LogP contribution < -0.4 is 15.5 Å². The SMILES string of the molecule is CN(C)c1ccc(C/C2=C/C=C/NC/C=C/N2)cc1. The summed E-state index contributed by atoms with van der Waals surface area (Å²) in [6, 6.07) is 8.66. The highest BCUT2D eigenvalue weighted by Crippen LogP contribution is 2.14. The zero-order chi connectivity index (χ0) is 13.5. The second-order valence-corrected chi connectivity index (χ2v) is 4.74. The lowest BCUT2D eigenvalue weighted by Gasteiger charge is -2.13.